The highest BCUT2D eigenvalue weighted by molar-refractivity contribution is 5.71. The number of hydrogen-bond donors (Lipinski definition) is 0. The predicted octanol–water partition coefficient (Wildman–Crippen LogP) is 5.02. The standard InChI is InChI=1S/C22H16FN3O/c1-27-19-8-4-16(5-9-19)21-14-20(15-2-6-18(23)7-3-15)25-22(26-21)17-10-12-24-13-11-17/h2-14H,1H3. The lowest BCUT2D eigenvalue weighted by Crippen LogP contribution is -1.96. The molecule has 0 N–H and O–H groups in total. The molecule has 0 aliphatic rings. The van der Waals surface area contributed by atoms with Crippen molar-refractivity contribution in [2.75, 3.05) is 7.11 Å². The van der Waals surface area contributed by atoms with E-state index >= 15 is 0 Å². The maximum Gasteiger partial charge on any atom is 0.160 e. The fourth-order valence-electron chi connectivity index (χ4n) is 2.76. The summed E-state index contributed by atoms with van der Waals surface area (Å²) in [7, 11) is 1.63. The van der Waals surface area contributed by atoms with Crippen molar-refractivity contribution in [3.8, 4) is 39.7 Å². The molecule has 2 heterocycles. The van der Waals surface area contributed by atoms with Crippen molar-refractivity contribution in [3.05, 3.63) is 84.9 Å². The van der Waals surface area contributed by atoms with Crippen molar-refractivity contribution in [3.63, 3.8) is 0 Å². The highest BCUT2D eigenvalue weighted by Gasteiger charge is 2.11. The van der Waals surface area contributed by atoms with Gasteiger partial charge >= 0.3 is 0 Å². The Hall–Kier alpha value is -3.60. The molecule has 4 nitrogen and oxygen atoms in total. The Morgan fingerprint density at radius 2 is 1.26 bits per heavy atom. The smallest absolute Gasteiger partial charge is 0.160 e. The van der Waals surface area contributed by atoms with Gasteiger partial charge in [-0.15, -0.1) is 0 Å². The summed E-state index contributed by atoms with van der Waals surface area (Å²) in [5.74, 6) is 1.09. The van der Waals surface area contributed by atoms with Crippen molar-refractivity contribution >= 4 is 0 Å². The van der Waals surface area contributed by atoms with Crippen LogP contribution in [-0.2, 0) is 0 Å². The lowest BCUT2D eigenvalue weighted by atomic mass is 10.1. The minimum Gasteiger partial charge on any atom is -0.497 e. The predicted molar refractivity (Wildman–Crippen MR) is 103 cm³/mol. The van der Waals surface area contributed by atoms with E-state index in [1.807, 2.05) is 42.5 Å². The van der Waals surface area contributed by atoms with Crippen LogP contribution in [-0.4, -0.2) is 22.1 Å². The molecule has 0 saturated carbocycles. The summed E-state index contributed by atoms with van der Waals surface area (Å²) in [6.07, 6.45) is 3.41. The van der Waals surface area contributed by atoms with Crippen LogP contribution in [0.3, 0.4) is 0 Å². The molecule has 0 radical (unpaired) electrons. The number of methoxy groups -OCH3 is 1. The molecular weight excluding hydrogens is 341 g/mol. The van der Waals surface area contributed by atoms with E-state index in [0.29, 0.717) is 5.82 Å². The van der Waals surface area contributed by atoms with Crippen molar-refractivity contribution in [2.24, 2.45) is 0 Å². The molecule has 0 atom stereocenters. The van der Waals surface area contributed by atoms with E-state index in [0.717, 1.165) is 33.8 Å². The zero-order valence-electron chi connectivity index (χ0n) is 14.6. The van der Waals surface area contributed by atoms with E-state index in [1.54, 1.807) is 31.6 Å². The molecular formula is C22H16FN3O. The van der Waals surface area contributed by atoms with Gasteiger partial charge < -0.3 is 4.74 Å². The average molecular weight is 357 g/mol. The van der Waals surface area contributed by atoms with E-state index in [4.69, 9.17) is 9.72 Å². The summed E-state index contributed by atoms with van der Waals surface area (Å²) in [5, 5.41) is 0. The third kappa shape index (κ3) is 3.67. The van der Waals surface area contributed by atoms with E-state index in [9.17, 15) is 4.39 Å². The van der Waals surface area contributed by atoms with Crippen LogP contribution >= 0.6 is 0 Å². The van der Waals surface area contributed by atoms with Gasteiger partial charge in [-0.05, 0) is 66.7 Å². The first-order valence-corrected chi connectivity index (χ1v) is 8.43. The largest absolute Gasteiger partial charge is 0.497 e. The highest BCUT2D eigenvalue weighted by Crippen LogP contribution is 2.28. The number of pyridine rings is 1. The fourth-order valence-corrected chi connectivity index (χ4v) is 2.76. The maximum absolute atomic E-state index is 13.3. The van der Waals surface area contributed by atoms with E-state index in [1.165, 1.54) is 12.1 Å². The Labute approximate surface area is 156 Å². The van der Waals surface area contributed by atoms with Crippen molar-refractivity contribution < 1.29 is 9.13 Å². The number of aromatic nitrogens is 3. The van der Waals surface area contributed by atoms with Gasteiger partial charge in [0.25, 0.3) is 0 Å². The van der Waals surface area contributed by atoms with E-state index < -0.39 is 0 Å². The lowest BCUT2D eigenvalue weighted by Gasteiger charge is -2.09. The van der Waals surface area contributed by atoms with E-state index in [-0.39, 0.29) is 5.82 Å². The van der Waals surface area contributed by atoms with Crippen LogP contribution in [0.15, 0.2) is 79.1 Å². The van der Waals surface area contributed by atoms with Crippen LogP contribution < -0.4 is 4.74 Å². The average Bonchev–Trinajstić information content (AvgIpc) is 2.74. The molecule has 0 aliphatic carbocycles. The van der Waals surface area contributed by atoms with Crippen molar-refractivity contribution in [2.45, 2.75) is 0 Å². The van der Waals surface area contributed by atoms with Gasteiger partial charge in [0.15, 0.2) is 5.82 Å². The summed E-state index contributed by atoms with van der Waals surface area (Å²) >= 11 is 0. The summed E-state index contributed by atoms with van der Waals surface area (Å²) in [4.78, 5) is 13.4. The SMILES string of the molecule is COc1ccc(-c2cc(-c3ccc(F)cc3)nc(-c3ccncc3)n2)cc1. The Morgan fingerprint density at radius 1 is 0.704 bits per heavy atom. The monoisotopic (exact) mass is 357 g/mol. The minimum atomic E-state index is -0.280. The maximum atomic E-state index is 13.3. The number of nitrogens with zero attached hydrogens (tertiary/aromatic N) is 3. The van der Waals surface area contributed by atoms with Crippen LogP contribution in [0, 0.1) is 5.82 Å². The normalized spacial score (nSPS) is 10.6. The first-order chi connectivity index (χ1) is 13.2. The van der Waals surface area contributed by atoms with Gasteiger partial charge in [0.2, 0.25) is 0 Å². The first-order valence-electron chi connectivity index (χ1n) is 8.43. The van der Waals surface area contributed by atoms with Crippen LogP contribution in [0.4, 0.5) is 4.39 Å². The molecule has 2 aromatic carbocycles. The van der Waals surface area contributed by atoms with Gasteiger partial charge in [0.1, 0.15) is 11.6 Å². The Morgan fingerprint density at radius 3 is 1.81 bits per heavy atom. The van der Waals surface area contributed by atoms with Crippen LogP contribution in [0.5, 0.6) is 5.75 Å². The summed E-state index contributed by atoms with van der Waals surface area (Å²) < 4.78 is 18.5. The number of rotatable bonds is 4. The quantitative estimate of drug-likeness (QED) is 0.514. The molecule has 0 spiro atoms. The zero-order valence-corrected chi connectivity index (χ0v) is 14.6. The van der Waals surface area contributed by atoms with Gasteiger partial charge in [-0.1, -0.05) is 0 Å². The topological polar surface area (TPSA) is 47.9 Å². The summed E-state index contributed by atoms with van der Waals surface area (Å²) in [5.41, 5.74) is 4.13. The van der Waals surface area contributed by atoms with Gasteiger partial charge in [0, 0.05) is 29.1 Å². The molecule has 0 saturated heterocycles. The molecule has 2 aromatic heterocycles. The van der Waals surface area contributed by atoms with Crippen LogP contribution in [0.25, 0.3) is 33.9 Å². The molecule has 132 valence electrons. The van der Waals surface area contributed by atoms with Gasteiger partial charge in [-0.3, -0.25) is 4.98 Å². The fraction of sp³-hybridized carbons (Fsp3) is 0.0455. The summed E-state index contributed by atoms with van der Waals surface area (Å²) in [6.45, 7) is 0. The minimum absolute atomic E-state index is 0.280. The molecule has 0 bridgehead atoms. The zero-order chi connectivity index (χ0) is 18.6. The van der Waals surface area contributed by atoms with Crippen molar-refractivity contribution in [1.82, 2.24) is 15.0 Å². The number of ether oxygens (including phenoxy) is 1. The lowest BCUT2D eigenvalue weighted by molar-refractivity contribution is 0.415. The Kier molecular flexibility index (Phi) is 4.58. The molecule has 4 rings (SSSR count). The molecule has 0 amide bonds. The molecule has 0 aliphatic heterocycles. The van der Waals surface area contributed by atoms with Crippen molar-refractivity contribution in [1.29, 1.82) is 0 Å². The third-order valence-corrected chi connectivity index (χ3v) is 4.19. The van der Waals surface area contributed by atoms with Gasteiger partial charge in [-0.2, -0.15) is 0 Å². The van der Waals surface area contributed by atoms with Crippen LogP contribution in [0.1, 0.15) is 0 Å². The first kappa shape index (κ1) is 16.8. The van der Waals surface area contributed by atoms with Gasteiger partial charge in [0.05, 0.1) is 18.5 Å². The summed E-state index contributed by atoms with van der Waals surface area (Å²) in [6, 6.07) is 19.6. The molecule has 27 heavy (non-hydrogen) atoms. The van der Waals surface area contributed by atoms with Gasteiger partial charge in [-0.25, -0.2) is 14.4 Å². The highest BCUT2D eigenvalue weighted by atomic mass is 19.1. The second-order valence-electron chi connectivity index (χ2n) is 5.93. The molecule has 4 aromatic rings. The van der Waals surface area contributed by atoms with Crippen LogP contribution in [0.2, 0.25) is 0 Å². The number of halogens is 1. The third-order valence-electron chi connectivity index (χ3n) is 4.19. The van der Waals surface area contributed by atoms with E-state index in [2.05, 4.69) is 9.97 Å². The number of hydrogen-bond acceptors (Lipinski definition) is 4. The molecule has 0 fully saturated rings. The number of benzene rings is 2. The molecule has 5 heteroatoms. The molecule has 0 unspecified atom stereocenters. The second-order valence-corrected chi connectivity index (χ2v) is 5.93. The Balaban J connectivity index is 1.87. The Bertz CT molecular complexity index is 1050. The second kappa shape index (κ2) is 7.33.